The van der Waals surface area contributed by atoms with Crippen LogP contribution in [0.2, 0.25) is 0 Å². The first kappa shape index (κ1) is 11.9. The maximum Gasteiger partial charge on any atom is 0.129 e. The van der Waals surface area contributed by atoms with Gasteiger partial charge in [0.2, 0.25) is 0 Å². The van der Waals surface area contributed by atoms with Gasteiger partial charge in [-0.25, -0.2) is 4.98 Å². The van der Waals surface area contributed by atoms with Gasteiger partial charge in [-0.1, -0.05) is 37.6 Å². The second-order valence-corrected chi connectivity index (χ2v) is 4.37. The van der Waals surface area contributed by atoms with Crippen molar-refractivity contribution in [3.05, 3.63) is 53.6 Å². The van der Waals surface area contributed by atoms with E-state index in [0.29, 0.717) is 0 Å². The van der Waals surface area contributed by atoms with E-state index in [2.05, 4.69) is 36.2 Å². The molecule has 1 atom stereocenters. The molecule has 2 aromatic rings. The highest BCUT2D eigenvalue weighted by molar-refractivity contribution is 5.28. The molecule has 0 saturated carbocycles. The predicted octanol–water partition coefficient (Wildman–Crippen LogP) is 2.42. The lowest BCUT2D eigenvalue weighted by molar-refractivity contribution is 0.716. The summed E-state index contributed by atoms with van der Waals surface area (Å²) in [5, 5.41) is 0. The highest BCUT2D eigenvalue weighted by atomic mass is 15.1. The third-order valence-corrected chi connectivity index (χ3v) is 3.01. The molecule has 1 aromatic carbocycles. The molecule has 0 radical (unpaired) electrons. The lowest BCUT2D eigenvalue weighted by atomic mass is 10.0. The average molecular weight is 229 g/mol. The fourth-order valence-electron chi connectivity index (χ4n) is 2.01. The largest absolute Gasteiger partial charge is 0.336 e. The maximum absolute atomic E-state index is 6.20. The number of benzene rings is 1. The lowest BCUT2D eigenvalue weighted by Crippen LogP contribution is -2.16. The third-order valence-electron chi connectivity index (χ3n) is 3.01. The molecule has 2 N–H and O–H groups in total. The quantitative estimate of drug-likeness (QED) is 0.875. The Morgan fingerprint density at radius 2 is 2.00 bits per heavy atom. The predicted molar refractivity (Wildman–Crippen MR) is 69.7 cm³/mol. The van der Waals surface area contributed by atoms with Gasteiger partial charge in [0.25, 0.3) is 0 Å². The van der Waals surface area contributed by atoms with E-state index in [1.54, 1.807) is 6.20 Å². The topological polar surface area (TPSA) is 43.8 Å². The van der Waals surface area contributed by atoms with Crippen LogP contribution in [-0.2, 0) is 13.5 Å². The molecule has 90 valence electrons. The smallest absolute Gasteiger partial charge is 0.129 e. The van der Waals surface area contributed by atoms with E-state index < -0.39 is 0 Å². The molecule has 2 rings (SSSR count). The third kappa shape index (κ3) is 2.56. The van der Waals surface area contributed by atoms with E-state index in [1.807, 2.05) is 17.8 Å². The van der Waals surface area contributed by atoms with Crippen molar-refractivity contribution in [3.8, 4) is 0 Å². The van der Waals surface area contributed by atoms with E-state index in [4.69, 9.17) is 5.73 Å². The van der Waals surface area contributed by atoms with Crippen LogP contribution in [0.1, 0.15) is 36.3 Å². The van der Waals surface area contributed by atoms with Gasteiger partial charge in [0.1, 0.15) is 5.82 Å². The molecule has 3 nitrogen and oxygen atoms in total. The Labute approximate surface area is 102 Å². The van der Waals surface area contributed by atoms with Crippen LogP contribution in [0.3, 0.4) is 0 Å². The van der Waals surface area contributed by atoms with Gasteiger partial charge in [-0.3, -0.25) is 0 Å². The van der Waals surface area contributed by atoms with Gasteiger partial charge in [0.05, 0.1) is 6.04 Å². The van der Waals surface area contributed by atoms with Crippen LogP contribution in [0.4, 0.5) is 0 Å². The molecular weight excluding hydrogens is 210 g/mol. The maximum atomic E-state index is 6.20. The van der Waals surface area contributed by atoms with Crippen LogP contribution in [0.25, 0.3) is 0 Å². The summed E-state index contributed by atoms with van der Waals surface area (Å²) in [5.41, 5.74) is 8.68. The van der Waals surface area contributed by atoms with Crippen LogP contribution in [0, 0.1) is 0 Å². The Bertz CT molecular complexity index is 470. The van der Waals surface area contributed by atoms with E-state index in [0.717, 1.165) is 17.8 Å². The van der Waals surface area contributed by atoms with Gasteiger partial charge >= 0.3 is 0 Å². The summed E-state index contributed by atoms with van der Waals surface area (Å²) < 4.78 is 1.96. The molecule has 0 aliphatic carbocycles. The molecule has 0 amide bonds. The average Bonchev–Trinajstić information content (AvgIpc) is 2.76. The van der Waals surface area contributed by atoms with Gasteiger partial charge in [-0.15, -0.1) is 0 Å². The van der Waals surface area contributed by atoms with Crippen molar-refractivity contribution in [1.82, 2.24) is 9.55 Å². The summed E-state index contributed by atoms with van der Waals surface area (Å²) in [6.07, 6.45) is 5.99. The first-order chi connectivity index (χ1) is 8.22. The Balaban J connectivity index is 2.20. The molecule has 1 aromatic heterocycles. The monoisotopic (exact) mass is 229 g/mol. The molecule has 17 heavy (non-hydrogen) atoms. The second-order valence-electron chi connectivity index (χ2n) is 4.37. The molecule has 3 heteroatoms. The number of aryl methyl sites for hydroxylation is 2. The van der Waals surface area contributed by atoms with Crippen molar-refractivity contribution in [3.63, 3.8) is 0 Å². The van der Waals surface area contributed by atoms with Crippen molar-refractivity contribution in [2.24, 2.45) is 12.8 Å². The first-order valence-corrected chi connectivity index (χ1v) is 6.04. The fraction of sp³-hybridized carbons (Fsp3) is 0.357. The molecule has 0 aliphatic rings. The zero-order chi connectivity index (χ0) is 12.3. The van der Waals surface area contributed by atoms with Crippen molar-refractivity contribution in [2.45, 2.75) is 25.8 Å². The summed E-state index contributed by atoms with van der Waals surface area (Å²) in [6, 6.07) is 8.36. The molecule has 1 unspecified atom stereocenters. The number of imidazole rings is 1. The Hall–Kier alpha value is -1.61. The Morgan fingerprint density at radius 1 is 1.29 bits per heavy atom. The molecule has 0 saturated heterocycles. The zero-order valence-corrected chi connectivity index (χ0v) is 10.4. The Morgan fingerprint density at radius 3 is 2.53 bits per heavy atom. The second kappa shape index (κ2) is 5.15. The standard InChI is InChI=1S/C14H19N3/c1-3-4-11-5-7-12(8-6-11)13(15)14-16-9-10-17(14)2/h5-10,13H,3-4,15H2,1-2H3. The van der Waals surface area contributed by atoms with E-state index in [1.165, 1.54) is 12.0 Å². The number of aromatic nitrogens is 2. The van der Waals surface area contributed by atoms with E-state index in [9.17, 15) is 0 Å². The summed E-state index contributed by atoms with van der Waals surface area (Å²) in [4.78, 5) is 4.29. The molecule has 0 fully saturated rings. The van der Waals surface area contributed by atoms with Crippen LogP contribution in [0.15, 0.2) is 36.7 Å². The molecule has 1 heterocycles. The lowest BCUT2D eigenvalue weighted by Gasteiger charge is -2.12. The molecule has 0 aliphatic heterocycles. The van der Waals surface area contributed by atoms with Gasteiger partial charge in [0, 0.05) is 19.4 Å². The van der Waals surface area contributed by atoms with E-state index >= 15 is 0 Å². The first-order valence-electron chi connectivity index (χ1n) is 6.04. The SMILES string of the molecule is CCCc1ccc(C(N)c2nccn2C)cc1. The minimum absolute atomic E-state index is 0.148. The van der Waals surface area contributed by atoms with Crippen LogP contribution >= 0.6 is 0 Å². The minimum Gasteiger partial charge on any atom is -0.336 e. The highest BCUT2D eigenvalue weighted by Crippen LogP contribution is 2.18. The molecule has 0 spiro atoms. The number of rotatable bonds is 4. The summed E-state index contributed by atoms with van der Waals surface area (Å²) in [7, 11) is 1.97. The molecular formula is C14H19N3. The van der Waals surface area contributed by atoms with Crippen LogP contribution in [-0.4, -0.2) is 9.55 Å². The van der Waals surface area contributed by atoms with Crippen molar-refractivity contribution in [2.75, 3.05) is 0 Å². The van der Waals surface area contributed by atoms with Gasteiger partial charge in [-0.2, -0.15) is 0 Å². The zero-order valence-electron chi connectivity index (χ0n) is 10.4. The van der Waals surface area contributed by atoms with Gasteiger partial charge < -0.3 is 10.3 Å². The number of hydrogen-bond acceptors (Lipinski definition) is 2. The normalized spacial score (nSPS) is 12.6. The number of nitrogens with two attached hydrogens (primary N) is 1. The van der Waals surface area contributed by atoms with Crippen molar-refractivity contribution >= 4 is 0 Å². The summed E-state index contributed by atoms with van der Waals surface area (Å²) in [5.74, 6) is 0.897. The van der Waals surface area contributed by atoms with Gasteiger partial charge in [0.15, 0.2) is 0 Å². The fourth-order valence-corrected chi connectivity index (χ4v) is 2.01. The van der Waals surface area contributed by atoms with Crippen LogP contribution in [0.5, 0.6) is 0 Å². The number of nitrogens with zero attached hydrogens (tertiary/aromatic N) is 2. The summed E-state index contributed by atoms with van der Waals surface area (Å²) in [6.45, 7) is 2.19. The molecule has 0 bridgehead atoms. The van der Waals surface area contributed by atoms with Crippen LogP contribution < -0.4 is 5.73 Å². The van der Waals surface area contributed by atoms with E-state index in [-0.39, 0.29) is 6.04 Å². The van der Waals surface area contributed by atoms with Crippen molar-refractivity contribution < 1.29 is 0 Å². The van der Waals surface area contributed by atoms with Crippen molar-refractivity contribution in [1.29, 1.82) is 0 Å². The highest BCUT2D eigenvalue weighted by Gasteiger charge is 2.12. The van der Waals surface area contributed by atoms with Gasteiger partial charge in [-0.05, 0) is 17.5 Å². The minimum atomic E-state index is -0.148. The number of hydrogen-bond donors (Lipinski definition) is 1. The summed E-state index contributed by atoms with van der Waals surface area (Å²) >= 11 is 0. The Kier molecular flexibility index (Phi) is 3.59.